The summed E-state index contributed by atoms with van der Waals surface area (Å²) in [5.74, 6) is 2.67. The monoisotopic (exact) mass is 382 g/mol. The highest BCUT2D eigenvalue weighted by Crippen LogP contribution is 2.36. The first-order valence-electron chi connectivity index (χ1n) is 9.98. The van der Waals surface area contributed by atoms with Gasteiger partial charge in [0.1, 0.15) is 0 Å². The summed E-state index contributed by atoms with van der Waals surface area (Å²) in [7, 11) is 0. The van der Waals surface area contributed by atoms with E-state index in [-0.39, 0.29) is 5.56 Å². The second kappa shape index (κ2) is 9.64. The Balaban J connectivity index is 1.52. The number of allylic oxidation sites excluding steroid dienone is 2. The third-order valence-corrected chi connectivity index (χ3v) is 5.41. The molecule has 0 atom stereocenters. The average molecular weight is 382 g/mol. The van der Waals surface area contributed by atoms with Crippen LogP contribution in [0.1, 0.15) is 61.6 Å². The predicted molar refractivity (Wildman–Crippen MR) is 107 cm³/mol. The van der Waals surface area contributed by atoms with Gasteiger partial charge in [0.15, 0.2) is 17.5 Å². The van der Waals surface area contributed by atoms with Crippen LogP contribution in [-0.4, -0.2) is 0 Å². The molecular weight excluding hydrogens is 357 g/mol. The number of benzene rings is 2. The number of aryl methyl sites for hydroxylation is 1. The molecule has 3 rings (SSSR count). The van der Waals surface area contributed by atoms with Crippen LogP contribution in [0.4, 0.5) is 13.2 Å². The number of halogens is 3. The smallest absolute Gasteiger partial charge is 0.194 e. The zero-order chi connectivity index (χ0) is 19.9. The molecule has 2 aromatic carbocycles. The SMILES string of the molecule is CCCc1ccc([C@H]2CC[C@H](/C=C/C#Cc3cc(F)c(F)c(F)c3)CC2)cc1. The topological polar surface area (TPSA) is 0 Å². The van der Waals surface area contributed by atoms with Crippen LogP contribution in [0.25, 0.3) is 0 Å². The Morgan fingerprint density at radius 3 is 2.21 bits per heavy atom. The first-order valence-corrected chi connectivity index (χ1v) is 9.98. The number of rotatable bonds is 4. The lowest BCUT2D eigenvalue weighted by atomic mass is 9.78. The Hall–Kier alpha value is -2.47. The number of hydrogen-bond donors (Lipinski definition) is 0. The Morgan fingerprint density at radius 2 is 1.61 bits per heavy atom. The summed E-state index contributed by atoms with van der Waals surface area (Å²) < 4.78 is 39.3. The summed E-state index contributed by atoms with van der Waals surface area (Å²) in [5, 5.41) is 0. The molecule has 0 saturated heterocycles. The van der Waals surface area contributed by atoms with E-state index in [9.17, 15) is 13.2 Å². The summed E-state index contributed by atoms with van der Waals surface area (Å²) in [6, 6.07) is 10.9. The summed E-state index contributed by atoms with van der Waals surface area (Å²) in [4.78, 5) is 0. The molecule has 0 unspecified atom stereocenters. The Labute approximate surface area is 165 Å². The van der Waals surface area contributed by atoms with E-state index in [1.807, 2.05) is 0 Å². The van der Waals surface area contributed by atoms with Crippen LogP contribution in [0.3, 0.4) is 0 Å². The maximum atomic E-state index is 13.2. The van der Waals surface area contributed by atoms with Crippen LogP contribution < -0.4 is 0 Å². The van der Waals surface area contributed by atoms with Crippen LogP contribution in [-0.2, 0) is 6.42 Å². The lowest BCUT2D eigenvalue weighted by Crippen LogP contribution is -2.11. The van der Waals surface area contributed by atoms with Crippen molar-refractivity contribution in [2.75, 3.05) is 0 Å². The Bertz CT molecular complexity index is 853. The molecule has 0 heterocycles. The molecule has 0 nitrogen and oxygen atoms in total. The molecule has 0 N–H and O–H groups in total. The van der Waals surface area contributed by atoms with Crippen molar-refractivity contribution >= 4 is 0 Å². The fraction of sp³-hybridized carbons (Fsp3) is 0.360. The van der Waals surface area contributed by atoms with Gasteiger partial charge in [0.2, 0.25) is 0 Å². The molecule has 1 saturated carbocycles. The van der Waals surface area contributed by atoms with Gasteiger partial charge in [-0.3, -0.25) is 0 Å². The van der Waals surface area contributed by atoms with Gasteiger partial charge in [-0.05, 0) is 73.3 Å². The zero-order valence-electron chi connectivity index (χ0n) is 16.2. The molecule has 0 aliphatic heterocycles. The van der Waals surface area contributed by atoms with Crippen molar-refractivity contribution in [2.24, 2.45) is 5.92 Å². The molecule has 0 spiro atoms. The third-order valence-electron chi connectivity index (χ3n) is 5.41. The molecule has 0 aromatic heterocycles. The van der Waals surface area contributed by atoms with Gasteiger partial charge in [-0.25, -0.2) is 13.2 Å². The zero-order valence-corrected chi connectivity index (χ0v) is 16.2. The molecule has 0 radical (unpaired) electrons. The summed E-state index contributed by atoms with van der Waals surface area (Å²) in [6.45, 7) is 2.20. The van der Waals surface area contributed by atoms with Gasteiger partial charge in [-0.2, -0.15) is 0 Å². The molecular formula is C25H25F3. The molecule has 2 aromatic rings. The minimum Gasteiger partial charge on any atom is -0.204 e. The highest BCUT2D eigenvalue weighted by molar-refractivity contribution is 5.38. The van der Waals surface area contributed by atoms with Crippen LogP contribution in [0.2, 0.25) is 0 Å². The van der Waals surface area contributed by atoms with Crippen molar-refractivity contribution in [3.63, 3.8) is 0 Å². The van der Waals surface area contributed by atoms with Crippen molar-refractivity contribution in [1.82, 2.24) is 0 Å². The molecule has 146 valence electrons. The quantitative estimate of drug-likeness (QED) is 0.397. The Kier molecular flexibility index (Phi) is 6.98. The van der Waals surface area contributed by atoms with Crippen molar-refractivity contribution in [2.45, 2.75) is 51.4 Å². The second-order valence-corrected chi connectivity index (χ2v) is 7.49. The largest absolute Gasteiger partial charge is 0.204 e. The minimum absolute atomic E-state index is 0.135. The first kappa shape index (κ1) is 20.3. The lowest BCUT2D eigenvalue weighted by molar-refractivity contribution is 0.376. The van der Waals surface area contributed by atoms with Crippen molar-refractivity contribution in [3.05, 3.63) is 82.7 Å². The normalized spacial score (nSPS) is 19.4. The second-order valence-electron chi connectivity index (χ2n) is 7.49. The molecule has 3 heteroatoms. The molecule has 1 fully saturated rings. The van der Waals surface area contributed by atoms with Crippen LogP contribution >= 0.6 is 0 Å². The van der Waals surface area contributed by atoms with Crippen molar-refractivity contribution < 1.29 is 13.2 Å². The standard InChI is InChI=1S/C25H25F3/c1-2-5-18-8-12-21(13-9-18)22-14-10-19(11-15-22)6-3-4-7-20-16-23(26)25(28)24(27)17-20/h3,6,8-9,12-13,16-17,19,22H,2,5,10-11,14-15H2,1H3/b6-3+/t19-,22-. The molecule has 0 bridgehead atoms. The van der Waals surface area contributed by atoms with E-state index in [1.165, 1.54) is 17.5 Å². The lowest BCUT2D eigenvalue weighted by Gasteiger charge is -2.27. The minimum atomic E-state index is -1.46. The van der Waals surface area contributed by atoms with E-state index in [1.54, 1.807) is 6.08 Å². The van der Waals surface area contributed by atoms with E-state index >= 15 is 0 Å². The van der Waals surface area contributed by atoms with E-state index in [2.05, 4.69) is 49.1 Å². The van der Waals surface area contributed by atoms with E-state index < -0.39 is 17.5 Å². The summed E-state index contributed by atoms with van der Waals surface area (Å²) in [6.07, 6.45) is 10.7. The van der Waals surface area contributed by atoms with Crippen molar-refractivity contribution in [3.8, 4) is 11.8 Å². The Morgan fingerprint density at radius 1 is 0.964 bits per heavy atom. The highest BCUT2D eigenvalue weighted by Gasteiger charge is 2.20. The number of hydrogen-bond acceptors (Lipinski definition) is 0. The van der Waals surface area contributed by atoms with Crippen LogP contribution in [0.5, 0.6) is 0 Å². The fourth-order valence-electron chi connectivity index (χ4n) is 3.83. The molecule has 0 amide bonds. The molecule has 28 heavy (non-hydrogen) atoms. The van der Waals surface area contributed by atoms with Gasteiger partial charge in [0, 0.05) is 5.56 Å². The van der Waals surface area contributed by atoms with E-state index in [0.717, 1.165) is 44.2 Å². The van der Waals surface area contributed by atoms with Gasteiger partial charge < -0.3 is 0 Å². The van der Waals surface area contributed by atoms with Gasteiger partial charge in [0.05, 0.1) is 0 Å². The van der Waals surface area contributed by atoms with Gasteiger partial charge >= 0.3 is 0 Å². The van der Waals surface area contributed by atoms with Crippen molar-refractivity contribution in [1.29, 1.82) is 0 Å². The fourth-order valence-corrected chi connectivity index (χ4v) is 3.83. The van der Waals surface area contributed by atoms with E-state index in [0.29, 0.717) is 11.8 Å². The third kappa shape index (κ3) is 5.29. The van der Waals surface area contributed by atoms with Crippen LogP contribution in [0, 0.1) is 35.2 Å². The van der Waals surface area contributed by atoms with Gasteiger partial charge in [-0.15, -0.1) is 0 Å². The van der Waals surface area contributed by atoms with Gasteiger partial charge in [0.25, 0.3) is 0 Å². The highest BCUT2D eigenvalue weighted by atomic mass is 19.2. The van der Waals surface area contributed by atoms with Gasteiger partial charge in [-0.1, -0.05) is 55.5 Å². The predicted octanol–water partition coefficient (Wildman–Crippen LogP) is 6.94. The summed E-state index contributed by atoms with van der Waals surface area (Å²) >= 11 is 0. The maximum Gasteiger partial charge on any atom is 0.194 e. The average Bonchev–Trinajstić information content (AvgIpc) is 2.71. The van der Waals surface area contributed by atoms with Crippen LogP contribution in [0.15, 0.2) is 48.6 Å². The van der Waals surface area contributed by atoms with E-state index in [4.69, 9.17) is 0 Å². The molecule has 1 aliphatic carbocycles. The summed E-state index contributed by atoms with van der Waals surface area (Å²) in [5.41, 5.74) is 2.97. The maximum absolute atomic E-state index is 13.2. The first-order chi connectivity index (χ1) is 13.6. The molecule has 1 aliphatic rings.